The molecule has 0 aliphatic carbocycles. The Hall–Kier alpha value is -1.53. The highest BCUT2D eigenvalue weighted by Gasteiger charge is 2.26. The van der Waals surface area contributed by atoms with Crippen LogP contribution in [0.25, 0.3) is 0 Å². The highest BCUT2D eigenvalue weighted by molar-refractivity contribution is 8.00. The Bertz CT molecular complexity index is 639. The van der Waals surface area contributed by atoms with Crippen LogP contribution < -0.4 is 5.32 Å². The molecule has 130 valence electrons. The minimum atomic E-state index is -0.0897. The Labute approximate surface area is 147 Å². The number of benzene rings is 1. The average Bonchev–Trinajstić information content (AvgIpc) is 2.55. The molecule has 24 heavy (non-hydrogen) atoms. The molecule has 1 unspecified atom stereocenters. The lowest BCUT2D eigenvalue weighted by Crippen LogP contribution is -2.49. The molecule has 6 heteroatoms. The lowest BCUT2D eigenvalue weighted by molar-refractivity contribution is -0.115. The van der Waals surface area contributed by atoms with Gasteiger partial charge >= 0.3 is 0 Å². The van der Waals surface area contributed by atoms with E-state index >= 15 is 0 Å². The maximum Gasteiger partial charge on any atom is 0.254 e. The molecule has 2 amide bonds. The van der Waals surface area contributed by atoms with E-state index in [1.54, 1.807) is 0 Å². The van der Waals surface area contributed by atoms with Crippen molar-refractivity contribution in [1.82, 2.24) is 9.80 Å². The predicted octanol–water partition coefficient (Wildman–Crippen LogP) is 2.53. The SMILES string of the molecule is CC(C)CN1CCN(C(=O)c2ccc3c(c2)NC(=O)C(C)S3)CC1. The normalized spacial score (nSPS) is 21.6. The third kappa shape index (κ3) is 3.75. The van der Waals surface area contributed by atoms with Crippen LogP contribution >= 0.6 is 11.8 Å². The summed E-state index contributed by atoms with van der Waals surface area (Å²) in [5.41, 5.74) is 1.41. The summed E-state index contributed by atoms with van der Waals surface area (Å²) in [4.78, 5) is 29.9. The number of amides is 2. The summed E-state index contributed by atoms with van der Waals surface area (Å²) in [6, 6.07) is 5.63. The van der Waals surface area contributed by atoms with Crippen molar-refractivity contribution < 1.29 is 9.59 Å². The van der Waals surface area contributed by atoms with E-state index in [1.807, 2.05) is 30.0 Å². The molecule has 0 saturated carbocycles. The number of thioether (sulfide) groups is 1. The molecule has 1 saturated heterocycles. The van der Waals surface area contributed by atoms with Crippen LogP contribution in [0.4, 0.5) is 5.69 Å². The standard InChI is InChI=1S/C18H25N3O2S/c1-12(2)11-20-6-8-21(9-7-20)18(23)14-4-5-16-15(10-14)19-17(22)13(3)24-16/h4-5,10,12-13H,6-9,11H2,1-3H3,(H,19,22). The first-order valence-electron chi connectivity index (χ1n) is 8.57. The number of hydrogen-bond donors (Lipinski definition) is 1. The highest BCUT2D eigenvalue weighted by Crippen LogP contribution is 2.36. The van der Waals surface area contributed by atoms with Crippen molar-refractivity contribution in [2.75, 3.05) is 38.0 Å². The summed E-state index contributed by atoms with van der Waals surface area (Å²) in [5.74, 6) is 0.704. The molecule has 2 aliphatic rings. The molecule has 2 heterocycles. The first-order valence-corrected chi connectivity index (χ1v) is 9.45. The number of nitrogens with zero attached hydrogens (tertiary/aromatic N) is 2. The molecule has 0 radical (unpaired) electrons. The zero-order chi connectivity index (χ0) is 17.3. The summed E-state index contributed by atoms with van der Waals surface area (Å²) in [6.45, 7) is 10.8. The molecule has 1 aromatic carbocycles. The average molecular weight is 347 g/mol. The van der Waals surface area contributed by atoms with E-state index in [-0.39, 0.29) is 17.1 Å². The molecule has 1 N–H and O–H groups in total. The highest BCUT2D eigenvalue weighted by atomic mass is 32.2. The van der Waals surface area contributed by atoms with Gasteiger partial charge in [-0.15, -0.1) is 11.8 Å². The fourth-order valence-corrected chi connectivity index (χ4v) is 4.10. The van der Waals surface area contributed by atoms with Crippen LogP contribution in [0.5, 0.6) is 0 Å². The summed E-state index contributed by atoms with van der Waals surface area (Å²) in [7, 11) is 0. The van der Waals surface area contributed by atoms with Gasteiger partial charge in [-0.2, -0.15) is 0 Å². The number of nitrogens with one attached hydrogen (secondary N) is 1. The van der Waals surface area contributed by atoms with Crippen LogP contribution in [0.1, 0.15) is 31.1 Å². The van der Waals surface area contributed by atoms with E-state index in [0.29, 0.717) is 11.5 Å². The van der Waals surface area contributed by atoms with Crippen LogP contribution in [0.2, 0.25) is 0 Å². The largest absolute Gasteiger partial charge is 0.336 e. The van der Waals surface area contributed by atoms with E-state index in [2.05, 4.69) is 24.1 Å². The second-order valence-electron chi connectivity index (χ2n) is 6.95. The number of rotatable bonds is 3. The van der Waals surface area contributed by atoms with Gasteiger partial charge in [0.2, 0.25) is 5.91 Å². The van der Waals surface area contributed by atoms with Gasteiger partial charge in [-0.05, 0) is 31.0 Å². The van der Waals surface area contributed by atoms with Gasteiger partial charge in [0.15, 0.2) is 0 Å². The van der Waals surface area contributed by atoms with Gasteiger partial charge in [0, 0.05) is 43.2 Å². The molecule has 1 fully saturated rings. The van der Waals surface area contributed by atoms with Crippen LogP contribution in [0, 0.1) is 5.92 Å². The monoisotopic (exact) mass is 347 g/mol. The van der Waals surface area contributed by atoms with Crippen molar-refractivity contribution in [2.45, 2.75) is 30.9 Å². The molecule has 1 atom stereocenters. The van der Waals surface area contributed by atoms with Gasteiger partial charge in [-0.25, -0.2) is 0 Å². The number of anilines is 1. The van der Waals surface area contributed by atoms with E-state index in [4.69, 9.17) is 0 Å². The van der Waals surface area contributed by atoms with Gasteiger partial charge in [-0.3, -0.25) is 14.5 Å². The van der Waals surface area contributed by atoms with Crippen LogP contribution in [0.3, 0.4) is 0 Å². The van der Waals surface area contributed by atoms with Gasteiger partial charge in [0.1, 0.15) is 0 Å². The fourth-order valence-electron chi connectivity index (χ4n) is 3.17. The third-order valence-corrected chi connectivity index (χ3v) is 5.62. The number of carbonyl (C=O) groups is 2. The Morgan fingerprint density at radius 3 is 2.67 bits per heavy atom. The van der Waals surface area contributed by atoms with Crippen molar-refractivity contribution in [2.24, 2.45) is 5.92 Å². The van der Waals surface area contributed by atoms with Crippen molar-refractivity contribution in [1.29, 1.82) is 0 Å². The van der Waals surface area contributed by atoms with Crippen molar-refractivity contribution in [3.8, 4) is 0 Å². The number of fused-ring (bicyclic) bond motifs is 1. The Morgan fingerprint density at radius 1 is 1.29 bits per heavy atom. The lowest BCUT2D eigenvalue weighted by atomic mass is 10.1. The van der Waals surface area contributed by atoms with Crippen molar-refractivity contribution in [3.05, 3.63) is 23.8 Å². The lowest BCUT2D eigenvalue weighted by Gasteiger charge is -2.35. The van der Waals surface area contributed by atoms with Gasteiger partial charge < -0.3 is 10.2 Å². The van der Waals surface area contributed by atoms with Crippen molar-refractivity contribution in [3.63, 3.8) is 0 Å². The number of piperazine rings is 1. The fraction of sp³-hybridized carbons (Fsp3) is 0.556. The van der Waals surface area contributed by atoms with Gasteiger partial charge in [0.25, 0.3) is 5.91 Å². The Balaban J connectivity index is 1.66. The summed E-state index contributed by atoms with van der Waals surface area (Å²) in [5, 5.41) is 2.81. The maximum atomic E-state index is 12.7. The molecule has 1 aromatic rings. The Morgan fingerprint density at radius 2 is 2.00 bits per heavy atom. The number of hydrogen-bond acceptors (Lipinski definition) is 4. The van der Waals surface area contributed by atoms with Crippen LogP contribution in [-0.4, -0.2) is 59.6 Å². The summed E-state index contributed by atoms with van der Waals surface area (Å²) < 4.78 is 0. The second-order valence-corrected chi connectivity index (χ2v) is 8.33. The third-order valence-electron chi connectivity index (χ3n) is 4.44. The summed E-state index contributed by atoms with van der Waals surface area (Å²) in [6.07, 6.45) is 0. The molecule has 5 nitrogen and oxygen atoms in total. The van der Waals surface area contributed by atoms with E-state index in [9.17, 15) is 9.59 Å². The van der Waals surface area contributed by atoms with Crippen LogP contribution in [0.15, 0.2) is 23.1 Å². The minimum absolute atomic E-state index is 0.000557. The smallest absolute Gasteiger partial charge is 0.254 e. The van der Waals surface area contributed by atoms with Crippen LogP contribution in [-0.2, 0) is 4.79 Å². The topological polar surface area (TPSA) is 52.6 Å². The van der Waals surface area contributed by atoms with E-state index in [1.165, 1.54) is 11.8 Å². The predicted molar refractivity (Wildman–Crippen MR) is 97.6 cm³/mol. The first kappa shape index (κ1) is 17.3. The maximum absolute atomic E-state index is 12.7. The zero-order valence-electron chi connectivity index (χ0n) is 14.5. The molecule has 3 rings (SSSR count). The quantitative estimate of drug-likeness (QED) is 0.913. The molecular weight excluding hydrogens is 322 g/mol. The molecule has 0 bridgehead atoms. The van der Waals surface area contributed by atoms with E-state index < -0.39 is 0 Å². The summed E-state index contributed by atoms with van der Waals surface area (Å²) >= 11 is 1.54. The van der Waals surface area contributed by atoms with Gasteiger partial charge in [-0.1, -0.05) is 13.8 Å². The molecule has 0 aromatic heterocycles. The minimum Gasteiger partial charge on any atom is -0.336 e. The molecule has 2 aliphatic heterocycles. The Kier molecular flexibility index (Phi) is 5.15. The van der Waals surface area contributed by atoms with Crippen molar-refractivity contribution >= 4 is 29.3 Å². The first-order chi connectivity index (χ1) is 11.4. The molecular formula is C18H25N3O2S. The second kappa shape index (κ2) is 7.15. The number of carbonyl (C=O) groups excluding carboxylic acids is 2. The zero-order valence-corrected chi connectivity index (χ0v) is 15.4. The van der Waals surface area contributed by atoms with Gasteiger partial charge in [0.05, 0.1) is 10.9 Å². The molecule has 0 spiro atoms. The van der Waals surface area contributed by atoms with E-state index in [0.717, 1.165) is 43.3 Å².